The van der Waals surface area contributed by atoms with E-state index in [4.69, 9.17) is 0 Å². The summed E-state index contributed by atoms with van der Waals surface area (Å²) in [4.78, 5) is 0.124. The summed E-state index contributed by atoms with van der Waals surface area (Å²) in [6.45, 7) is 3.70. The molecule has 4 heteroatoms. The molecule has 0 aromatic heterocycles. The minimum Gasteiger partial charge on any atom is -0.324 e. The molecule has 1 rings (SSSR count). The standard InChI is InChI=1S/C11H12O3S/c1-3-4-9-14-15(12,13)11-7-5-10(2)6-8-11/h5-8H,3H2,1-2H3. The normalized spacial score (nSPS) is 10.3. The van der Waals surface area contributed by atoms with Crippen LogP contribution in [-0.4, -0.2) is 8.42 Å². The van der Waals surface area contributed by atoms with Gasteiger partial charge in [0.1, 0.15) is 11.0 Å². The fourth-order valence-corrected chi connectivity index (χ4v) is 1.64. The Morgan fingerprint density at radius 3 is 2.40 bits per heavy atom. The average Bonchev–Trinajstić information content (AvgIpc) is 2.18. The van der Waals surface area contributed by atoms with E-state index in [0.29, 0.717) is 6.42 Å². The summed E-state index contributed by atoms with van der Waals surface area (Å²) in [6, 6.07) is 6.42. The molecule has 0 bridgehead atoms. The Kier molecular flexibility index (Phi) is 3.75. The zero-order chi connectivity index (χ0) is 11.3. The molecule has 0 aliphatic heterocycles. The average molecular weight is 224 g/mol. The number of aryl methyl sites for hydroxylation is 1. The van der Waals surface area contributed by atoms with Gasteiger partial charge in [-0.1, -0.05) is 30.5 Å². The van der Waals surface area contributed by atoms with Crippen molar-refractivity contribution in [1.29, 1.82) is 0 Å². The van der Waals surface area contributed by atoms with Crippen LogP contribution in [0.5, 0.6) is 0 Å². The Bertz CT molecular complexity index is 475. The smallest absolute Gasteiger partial charge is 0.324 e. The lowest BCUT2D eigenvalue weighted by Gasteiger charge is -2.00. The first-order valence-corrected chi connectivity index (χ1v) is 5.95. The van der Waals surface area contributed by atoms with Crippen molar-refractivity contribution in [3.8, 4) is 12.0 Å². The van der Waals surface area contributed by atoms with Crippen LogP contribution in [0, 0.1) is 19.0 Å². The van der Waals surface area contributed by atoms with Gasteiger partial charge in [0.25, 0.3) is 0 Å². The monoisotopic (exact) mass is 224 g/mol. The van der Waals surface area contributed by atoms with Gasteiger partial charge in [0.2, 0.25) is 0 Å². The van der Waals surface area contributed by atoms with Crippen LogP contribution in [0.15, 0.2) is 29.2 Å². The van der Waals surface area contributed by atoms with E-state index in [9.17, 15) is 8.42 Å². The van der Waals surface area contributed by atoms with Crippen LogP contribution in [0.25, 0.3) is 0 Å². The van der Waals surface area contributed by atoms with Crippen molar-refractivity contribution >= 4 is 10.1 Å². The second-order valence-corrected chi connectivity index (χ2v) is 4.53. The fraction of sp³-hybridized carbons (Fsp3) is 0.273. The molecule has 1 aromatic carbocycles. The first-order valence-electron chi connectivity index (χ1n) is 4.54. The van der Waals surface area contributed by atoms with E-state index in [-0.39, 0.29) is 4.90 Å². The van der Waals surface area contributed by atoms with E-state index in [1.807, 2.05) is 13.8 Å². The van der Waals surface area contributed by atoms with E-state index in [2.05, 4.69) is 16.2 Å². The first kappa shape index (κ1) is 11.6. The lowest BCUT2D eigenvalue weighted by molar-refractivity contribution is 0.465. The lowest BCUT2D eigenvalue weighted by Crippen LogP contribution is -2.02. The summed E-state index contributed by atoms with van der Waals surface area (Å²) in [5.74, 6) is 2.53. The van der Waals surface area contributed by atoms with E-state index in [0.717, 1.165) is 5.56 Å². The predicted octanol–water partition coefficient (Wildman–Crippen LogP) is 2.07. The Morgan fingerprint density at radius 1 is 1.27 bits per heavy atom. The molecule has 0 atom stereocenters. The molecule has 80 valence electrons. The second kappa shape index (κ2) is 4.85. The van der Waals surface area contributed by atoms with Gasteiger partial charge in [-0.05, 0) is 19.1 Å². The van der Waals surface area contributed by atoms with Crippen molar-refractivity contribution in [2.45, 2.75) is 25.2 Å². The number of hydrogen-bond donors (Lipinski definition) is 0. The van der Waals surface area contributed by atoms with Gasteiger partial charge < -0.3 is 4.18 Å². The molecule has 0 aliphatic carbocycles. The van der Waals surface area contributed by atoms with Crippen LogP contribution in [-0.2, 0) is 14.3 Å². The molecule has 0 saturated carbocycles. The minimum absolute atomic E-state index is 0.124. The van der Waals surface area contributed by atoms with Crippen LogP contribution in [0.4, 0.5) is 0 Å². The van der Waals surface area contributed by atoms with E-state index >= 15 is 0 Å². The number of rotatable bonds is 2. The summed E-state index contributed by atoms with van der Waals surface area (Å²) in [6.07, 6.45) is 2.71. The summed E-state index contributed by atoms with van der Waals surface area (Å²) in [7, 11) is -3.72. The lowest BCUT2D eigenvalue weighted by atomic mass is 10.2. The molecular weight excluding hydrogens is 212 g/mol. The van der Waals surface area contributed by atoms with Crippen molar-refractivity contribution < 1.29 is 12.6 Å². The van der Waals surface area contributed by atoms with Gasteiger partial charge in [0.15, 0.2) is 0 Å². The Morgan fingerprint density at radius 2 is 1.87 bits per heavy atom. The maximum absolute atomic E-state index is 11.5. The minimum atomic E-state index is -3.72. The van der Waals surface area contributed by atoms with Gasteiger partial charge in [-0.2, -0.15) is 8.42 Å². The Hall–Kier alpha value is -1.47. The highest BCUT2D eigenvalue weighted by Crippen LogP contribution is 2.12. The predicted molar refractivity (Wildman–Crippen MR) is 57.5 cm³/mol. The molecule has 1 aromatic rings. The molecule has 0 amide bonds. The summed E-state index contributed by atoms with van der Waals surface area (Å²) in [5.41, 5.74) is 0.994. The van der Waals surface area contributed by atoms with Crippen molar-refractivity contribution in [3.63, 3.8) is 0 Å². The van der Waals surface area contributed by atoms with E-state index in [1.165, 1.54) is 12.1 Å². The van der Waals surface area contributed by atoms with Crippen molar-refractivity contribution in [2.75, 3.05) is 0 Å². The van der Waals surface area contributed by atoms with E-state index < -0.39 is 10.1 Å². The van der Waals surface area contributed by atoms with Crippen LogP contribution >= 0.6 is 0 Å². The first-order chi connectivity index (χ1) is 7.06. The highest BCUT2D eigenvalue weighted by Gasteiger charge is 2.13. The molecule has 0 aliphatic rings. The second-order valence-electron chi connectivity index (χ2n) is 2.98. The van der Waals surface area contributed by atoms with Crippen molar-refractivity contribution in [2.24, 2.45) is 0 Å². The Labute approximate surface area is 90.2 Å². The highest BCUT2D eigenvalue weighted by molar-refractivity contribution is 7.86. The molecule has 0 N–H and O–H groups in total. The molecule has 3 nitrogen and oxygen atoms in total. The molecule has 0 saturated heterocycles. The van der Waals surface area contributed by atoms with Crippen LogP contribution in [0.2, 0.25) is 0 Å². The summed E-state index contributed by atoms with van der Waals surface area (Å²) in [5, 5.41) is 0. The van der Waals surface area contributed by atoms with Crippen LogP contribution < -0.4 is 0 Å². The maximum Gasteiger partial charge on any atom is 0.347 e. The molecule has 0 spiro atoms. The Balaban J connectivity index is 2.91. The number of hydrogen-bond acceptors (Lipinski definition) is 3. The maximum atomic E-state index is 11.5. The van der Waals surface area contributed by atoms with Gasteiger partial charge >= 0.3 is 10.1 Å². The highest BCUT2D eigenvalue weighted by atomic mass is 32.2. The topological polar surface area (TPSA) is 43.4 Å². The van der Waals surface area contributed by atoms with Crippen molar-refractivity contribution in [3.05, 3.63) is 29.8 Å². The molecular formula is C11H12O3S. The van der Waals surface area contributed by atoms with Gasteiger partial charge in [-0.15, -0.1) is 0 Å². The van der Waals surface area contributed by atoms with Gasteiger partial charge in [0, 0.05) is 6.42 Å². The summed E-state index contributed by atoms with van der Waals surface area (Å²) < 4.78 is 27.5. The molecule has 0 fully saturated rings. The van der Waals surface area contributed by atoms with Gasteiger partial charge in [0.05, 0.1) is 0 Å². The molecule has 0 radical (unpaired) electrons. The van der Waals surface area contributed by atoms with Crippen LogP contribution in [0.1, 0.15) is 18.9 Å². The number of benzene rings is 1. The molecule has 0 heterocycles. The molecule has 15 heavy (non-hydrogen) atoms. The molecule has 0 unspecified atom stereocenters. The van der Waals surface area contributed by atoms with Gasteiger partial charge in [-0.3, -0.25) is 0 Å². The quantitative estimate of drug-likeness (QED) is 0.570. The van der Waals surface area contributed by atoms with E-state index in [1.54, 1.807) is 12.1 Å². The third-order valence-corrected chi connectivity index (χ3v) is 2.86. The zero-order valence-corrected chi connectivity index (χ0v) is 9.47. The zero-order valence-electron chi connectivity index (χ0n) is 8.65. The third kappa shape index (κ3) is 3.30. The van der Waals surface area contributed by atoms with Gasteiger partial charge in [-0.25, -0.2) is 0 Å². The van der Waals surface area contributed by atoms with Crippen LogP contribution in [0.3, 0.4) is 0 Å². The SMILES string of the molecule is CCC#COS(=O)(=O)c1ccc(C)cc1. The fourth-order valence-electron chi connectivity index (χ4n) is 0.910. The van der Waals surface area contributed by atoms with Crippen molar-refractivity contribution in [1.82, 2.24) is 0 Å². The summed E-state index contributed by atoms with van der Waals surface area (Å²) >= 11 is 0. The third-order valence-electron chi connectivity index (χ3n) is 1.71. The largest absolute Gasteiger partial charge is 0.347 e.